The smallest absolute Gasteiger partial charge is 0.127 e. The fourth-order valence-corrected chi connectivity index (χ4v) is 2.82. The molecule has 0 spiro atoms. The second-order valence-corrected chi connectivity index (χ2v) is 6.54. The van der Waals surface area contributed by atoms with Crippen LogP contribution in [0, 0.1) is 0 Å². The molecule has 0 saturated heterocycles. The van der Waals surface area contributed by atoms with E-state index in [1.807, 2.05) is 18.2 Å². The summed E-state index contributed by atoms with van der Waals surface area (Å²) in [6.45, 7) is 5.61. The highest BCUT2D eigenvalue weighted by Crippen LogP contribution is 2.37. The largest absolute Gasteiger partial charge is 0.507 e. The molecule has 1 aliphatic heterocycles. The molecule has 3 rings (SSSR count). The number of fused-ring (bicyclic) bond motifs is 1. The molecule has 1 heterocycles. The lowest BCUT2D eigenvalue weighted by Gasteiger charge is -2.33. The first-order valence-electron chi connectivity index (χ1n) is 7.82. The number of aryl methyl sites for hydroxylation is 1. The van der Waals surface area contributed by atoms with Crippen LogP contribution in [0.25, 0.3) is 0 Å². The molecule has 0 fully saturated rings. The molecule has 3 heteroatoms. The Bertz CT molecular complexity index is 650. The third-order valence-corrected chi connectivity index (χ3v) is 4.13. The molecule has 0 unspecified atom stereocenters. The molecule has 0 radical (unpaired) electrons. The average Bonchev–Trinajstić information content (AvgIpc) is 2.48. The molecule has 22 heavy (non-hydrogen) atoms. The Morgan fingerprint density at radius 3 is 2.68 bits per heavy atom. The molecule has 2 N–H and O–H groups in total. The zero-order valence-electron chi connectivity index (χ0n) is 13.2. The van der Waals surface area contributed by atoms with Gasteiger partial charge in [0.05, 0.1) is 0 Å². The highest BCUT2D eigenvalue weighted by atomic mass is 16.5. The van der Waals surface area contributed by atoms with Gasteiger partial charge in [-0.3, -0.25) is 0 Å². The third-order valence-electron chi connectivity index (χ3n) is 4.13. The fraction of sp³-hybridized carbons (Fsp3) is 0.368. The van der Waals surface area contributed by atoms with Gasteiger partial charge in [-0.25, -0.2) is 0 Å². The molecule has 2 aromatic rings. The van der Waals surface area contributed by atoms with Crippen molar-refractivity contribution >= 4 is 0 Å². The lowest BCUT2D eigenvalue weighted by molar-refractivity contribution is 0.0843. The molecule has 3 nitrogen and oxygen atoms in total. The van der Waals surface area contributed by atoms with E-state index in [-0.39, 0.29) is 5.60 Å². The van der Waals surface area contributed by atoms with Crippen LogP contribution >= 0.6 is 0 Å². The van der Waals surface area contributed by atoms with Crippen LogP contribution < -0.4 is 10.1 Å². The first kappa shape index (κ1) is 14.9. The molecule has 0 aromatic heterocycles. The molecule has 0 atom stereocenters. The number of rotatable bonds is 4. The maximum absolute atomic E-state index is 10.2. The number of hydrogen-bond acceptors (Lipinski definition) is 3. The lowest BCUT2D eigenvalue weighted by Crippen LogP contribution is -2.32. The summed E-state index contributed by atoms with van der Waals surface area (Å²) < 4.78 is 5.95. The summed E-state index contributed by atoms with van der Waals surface area (Å²) in [4.78, 5) is 0. The van der Waals surface area contributed by atoms with Crippen LogP contribution in [0.3, 0.4) is 0 Å². The van der Waals surface area contributed by atoms with Gasteiger partial charge in [-0.1, -0.05) is 30.3 Å². The summed E-state index contributed by atoms with van der Waals surface area (Å²) in [6.07, 6.45) is 2.00. The van der Waals surface area contributed by atoms with E-state index >= 15 is 0 Å². The summed E-state index contributed by atoms with van der Waals surface area (Å²) >= 11 is 0. The predicted octanol–water partition coefficient (Wildman–Crippen LogP) is 3.79. The molecular weight excluding hydrogens is 274 g/mol. The van der Waals surface area contributed by atoms with E-state index in [0.29, 0.717) is 12.3 Å². The van der Waals surface area contributed by atoms with Gasteiger partial charge in [-0.2, -0.15) is 0 Å². The SMILES string of the molecule is CC1(C)CCc2cc(CNCc3ccccc3)c(O)cc2O1. The number of hydrogen-bond donors (Lipinski definition) is 2. The fourth-order valence-electron chi connectivity index (χ4n) is 2.82. The van der Waals surface area contributed by atoms with Gasteiger partial charge >= 0.3 is 0 Å². The Balaban J connectivity index is 1.67. The van der Waals surface area contributed by atoms with Gasteiger partial charge in [0.15, 0.2) is 0 Å². The molecule has 0 bridgehead atoms. The molecule has 0 amide bonds. The van der Waals surface area contributed by atoms with Gasteiger partial charge in [0.2, 0.25) is 0 Å². The van der Waals surface area contributed by atoms with Crippen molar-refractivity contribution in [2.45, 2.75) is 45.4 Å². The van der Waals surface area contributed by atoms with Crippen LogP contribution in [0.15, 0.2) is 42.5 Å². The third kappa shape index (κ3) is 3.42. The normalized spacial score (nSPS) is 15.9. The maximum atomic E-state index is 10.2. The van der Waals surface area contributed by atoms with Crippen LogP contribution in [0.4, 0.5) is 0 Å². The number of ether oxygens (including phenoxy) is 1. The minimum Gasteiger partial charge on any atom is -0.507 e. The van der Waals surface area contributed by atoms with E-state index in [1.165, 1.54) is 11.1 Å². The number of nitrogens with one attached hydrogen (secondary N) is 1. The first-order valence-corrected chi connectivity index (χ1v) is 7.82. The molecule has 0 saturated carbocycles. The standard InChI is InChI=1S/C19H23NO2/c1-19(2)9-8-15-10-16(17(21)11-18(15)22-19)13-20-12-14-6-4-3-5-7-14/h3-7,10-11,20-21H,8-9,12-13H2,1-2H3. The Morgan fingerprint density at radius 2 is 1.91 bits per heavy atom. The van der Waals surface area contributed by atoms with Crippen molar-refractivity contribution in [3.63, 3.8) is 0 Å². The topological polar surface area (TPSA) is 41.5 Å². The quantitative estimate of drug-likeness (QED) is 0.902. The summed E-state index contributed by atoms with van der Waals surface area (Å²) in [6, 6.07) is 14.1. The van der Waals surface area contributed by atoms with Crippen molar-refractivity contribution in [3.05, 3.63) is 59.2 Å². The molecule has 0 aliphatic carbocycles. The number of phenols is 1. The zero-order valence-corrected chi connectivity index (χ0v) is 13.2. The van der Waals surface area contributed by atoms with Crippen molar-refractivity contribution in [3.8, 4) is 11.5 Å². The van der Waals surface area contributed by atoms with E-state index in [0.717, 1.165) is 30.7 Å². The van der Waals surface area contributed by atoms with Gasteiger partial charge in [0.25, 0.3) is 0 Å². The van der Waals surface area contributed by atoms with Gasteiger partial charge in [0, 0.05) is 24.7 Å². The highest BCUT2D eigenvalue weighted by Gasteiger charge is 2.27. The predicted molar refractivity (Wildman–Crippen MR) is 88.1 cm³/mol. The van der Waals surface area contributed by atoms with Crippen LogP contribution in [0.1, 0.15) is 37.0 Å². The van der Waals surface area contributed by atoms with Gasteiger partial charge in [0.1, 0.15) is 17.1 Å². The number of phenolic OH excluding ortho intramolecular Hbond substituents is 1. The molecular formula is C19H23NO2. The van der Waals surface area contributed by atoms with Crippen LogP contribution in [-0.4, -0.2) is 10.7 Å². The first-order chi connectivity index (χ1) is 10.5. The zero-order chi connectivity index (χ0) is 15.6. The van der Waals surface area contributed by atoms with Crippen LogP contribution in [0.5, 0.6) is 11.5 Å². The molecule has 116 valence electrons. The van der Waals surface area contributed by atoms with Gasteiger partial charge < -0.3 is 15.2 Å². The van der Waals surface area contributed by atoms with Crippen LogP contribution in [-0.2, 0) is 19.5 Å². The van der Waals surface area contributed by atoms with Crippen molar-refractivity contribution in [1.82, 2.24) is 5.32 Å². The summed E-state index contributed by atoms with van der Waals surface area (Å²) in [5.41, 5.74) is 3.21. The van der Waals surface area contributed by atoms with Crippen molar-refractivity contribution in [2.24, 2.45) is 0 Å². The monoisotopic (exact) mass is 297 g/mol. The summed E-state index contributed by atoms with van der Waals surface area (Å²) in [5.74, 6) is 1.12. The van der Waals surface area contributed by atoms with Crippen molar-refractivity contribution in [2.75, 3.05) is 0 Å². The van der Waals surface area contributed by atoms with Crippen molar-refractivity contribution in [1.29, 1.82) is 0 Å². The van der Waals surface area contributed by atoms with E-state index in [2.05, 4.69) is 37.4 Å². The lowest BCUT2D eigenvalue weighted by atomic mass is 9.93. The second-order valence-electron chi connectivity index (χ2n) is 6.54. The minimum atomic E-state index is -0.146. The van der Waals surface area contributed by atoms with E-state index in [4.69, 9.17) is 4.74 Å². The van der Waals surface area contributed by atoms with Gasteiger partial charge in [-0.15, -0.1) is 0 Å². The number of aromatic hydroxyl groups is 1. The van der Waals surface area contributed by atoms with E-state index < -0.39 is 0 Å². The molecule has 2 aromatic carbocycles. The second kappa shape index (κ2) is 6.01. The van der Waals surface area contributed by atoms with E-state index in [1.54, 1.807) is 6.07 Å². The van der Waals surface area contributed by atoms with Crippen LogP contribution in [0.2, 0.25) is 0 Å². The molecule has 1 aliphatic rings. The highest BCUT2D eigenvalue weighted by molar-refractivity contribution is 5.47. The van der Waals surface area contributed by atoms with E-state index in [9.17, 15) is 5.11 Å². The average molecular weight is 297 g/mol. The Hall–Kier alpha value is -2.00. The van der Waals surface area contributed by atoms with Crippen molar-refractivity contribution < 1.29 is 9.84 Å². The van der Waals surface area contributed by atoms with Gasteiger partial charge in [-0.05, 0) is 43.9 Å². The Morgan fingerprint density at radius 1 is 1.14 bits per heavy atom. The summed E-state index contributed by atoms with van der Waals surface area (Å²) in [7, 11) is 0. The Kier molecular flexibility index (Phi) is 4.08. The number of benzene rings is 2. The maximum Gasteiger partial charge on any atom is 0.127 e. The summed E-state index contributed by atoms with van der Waals surface area (Å²) in [5, 5.41) is 13.6. The Labute approximate surface area is 131 Å². The minimum absolute atomic E-state index is 0.146.